The number of rotatable bonds is 0. The van der Waals surface area contributed by atoms with Gasteiger partial charge in [-0.1, -0.05) is 65.8 Å². The van der Waals surface area contributed by atoms with Crippen molar-refractivity contribution >= 4 is 13.3 Å². The van der Waals surface area contributed by atoms with Gasteiger partial charge in [-0.25, -0.2) is 0 Å². The highest BCUT2D eigenvalue weighted by Gasteiger charge is 2.26. The van der Waals surface area contributed by atoms with Crippen LogP contribution in [0.4, 0.5) is 0 Å². The zero-order valence-electron chi connectivity index (χ0n) is 14.8. The molecule has 1 aliphatic rings. The van der Waals surface area contributed by atoms with Crippen molar-refractivity contribution in [1.82, 2.24) is 0 Å². The maximum atomic E-state index is 12.7. The van der Waals surface area contributed by atoms with Gasteiger partial charge in [-0.3, -0.25) is 4.57 Å². The predicted molar refractivity (Wildman–Crippen MR) is 98.5 cm³/mol. The zero-order chi connectivity index (χ0) is 17.0. The van der Waals surface area contributed by atoms with E-state index in [4.69, 9.17) is 4.52 Å². The summed E-state index contributed by atoms with van der Waals surface area (Å²) >= 11 is 0. The highest BCUT2D eigenvalue weighted by Crippen LogP contribution is 2.45. The second-order valence-corrected chi connectivity index (χ2v) is 9.68. The minimum Gasteiger partial charge on any atom is -0.441 e. The van der Waals surface area contributed by atoms with Crippen molar-refractivity contribution in [1.29, 1.82) is 0 Å². The van der Waals surface area contributed by atoms with E-state index < -0.39 is 8.03 Å². The van der Waals surface area contributed by atoms with Gasteiger partial charge in [-0.2, -0.15) is 0 Å². The zero-order valence-corrected chi connectivity index (χ0v) is 15.8. The molecule has 0 radical (unpaired) electrons. The Labute approximate surface area is 139 Å². The molecule has 0 N–H and O–H groups in total. The van der Waals surface area contributed by atoms with E-state index in [-0.39, 0.29) is 10.8 Å². The largest absolute Gasteiger partial charge is 0.441 e. The Hall–Kier alpha value is -1.53. The molecule has 0 aromatic heterocycles. The molecule has 0 amide bonds. The fraction of sp³-hybridized carbons (Fsp3) is 0.400. The van der Waals surface area contributed by atoms with Crippen molar-refractivity contribution in [3.05, 3.63) is 47.5 Å². The first-order valence-electron chi connectivity index (χ1n) is 8.09. The Bertz CT molecular complexity index is 792. The number of fused-ring (bicyclic) bond motifs is 3. The van der Waals surface area contributed by atoms with Crippen LogP contribution >= 0.6 is 8.03 Å². The molecule has 0 saturated heterocycles. The standard InChI is InChI=1S/C20H25O2P/c1-19(2,3)13-7-9-15-16-10-8-14(20(4,5)6)12-18(16)23(21)22-17(15)11-13/h7-12,23H,1-6H3. The highest BCUT2D eigenvalue weighted by atomic mass is 31.1. The summed E-state index contributed by atoms with van der Waals surface area (Å²) in [5.74, 6) is 0.748. The van der Waals surface area contributed by atoms with Gasteiger partial charge in [0.25, 0.3) is 8.03 Å². The van der Waals surface area contributed by atoms with Crippen molar-refractivity contribution in [3.63, 3.8) is 0 Å². The maximum absolute atomic E-state index is 12.7. The van der Waals surface area contributed by atoms with Crippen LogP contribution in [0, 0.1) is 0 Å². The van der Waals surface area contributed by atoms with Crippen LogP contribution in [0.3, 0.4) is 0 Å². The van der Waals surface area contributed by atoms with Gasteiger partial charge < -0.3 is 4.52 Å². The lowest BCUT2D eigenvalue weighted by Gasteiger charge is -2.26. The van der Waals surface area contributed by atoms with Crippen molar-refractivity contribution in [2.75, 3.05) is 0 Å². The molecule has 1 unspecified atom stereocenters. The lowest BCUT2D eigenvalue weighted by atomic mass is 9.84. The molecule has 0 aliphatic carbocycles. The third-order valence-corrected chi connectivity index (χ3v) is 5.70. The molecule has 1 atom stereocenters. The Morgan fingerprint density at radius 2 is 1.30 bits per heavy atom. The smallest absolute Gasteiger partial charge is 0.266 e. The lowest BCUT2D eigenvalue weighted by Crippen LogP contribution is -2.18. The van der Waals surface area contributed by atoms with Crippen molar-refractivity contribution in [3.8, 4) is 16.9 Å². The van der Waals surface area contributed by atoms with Crippen LogP contribution < -0.4 is 9.83 Å². The number of benzene rings is 2. The minimum absolute atomic E-state index is 0.0353. The first kappa shape index (κ1) is 16.3. The van der Waals surface area contributed by atoms with E-state index >= 15 is 0 Å². The highest BCUT2D eigenvalue weighted by molar-refractivity contribution is 7.49. The molecule has 122 valence electrons. The van der Waals surface area contributed by atoms with Gasteiger partial charge in [0.05, 0.1) is 5.30 Å². The van der Waals surface area contributed by atoms with E-state index in [1.807, 2.05) is 6.07 Å². The Balaban J connectivity index is 2.16. The molecular formula is C20H25O2P. The van der Waals surface area contributed by atoms with Crippen LogP contribution in [-0.4, -0.2) is 0 Å². The summed E-state index contributed by atoms with van der Waals surface area (Å²) in [6, 6.07) is 12.6. The van der Waals surface area contributed by atoms with Crippen LogP contribution in [0.1, 0.15) is 52.7 Å². The summed E-state index contributed by atoms with van der Waals surface area (Å²) in [4.78, 5) is 0. The van der Waals surface area contributed by atoms with E-state index in [2.05, 4.69) is 71.9 Å². The number of hydrogen-bond donors (Lipinski definition) is 0. The average Bonchev–Trinajstić information content (AvgIpc) is 2.44. The summed E-state index contributed by atoms with van der Waals surface area (Å²) in [5.41, 5.74) is 4.55. The summed E-state index contributed by atoms with van der Waals surface area (Å²) in [7, 11) is -2.25. The van der Waals surface area contributed by atoms with Crippen LogP contribution in [-0.2, 0) is 15.4 Å². The Kier molecular flexibility index (Phi) is 3.72. The quantitative estimate of drug-likeness (QED) is 0.602. The SMILES string of the molecule is CC(C)(C)c1ccc2c(c1)O[PH](=O)c1cc(C(C)(C)C)ccc1-2. The molecule has 2 aromatic rings. The molecule has 3 rings (SSSR count). The van der Waals surface area contributed by atoms with Crippen LogP contribution in [0.5, 0.6) is 5.75 Å². The topological polar surface area (TPSA) is 26.3 Å². The summed E-state index contributed by atoms with van der Waals surface area (Å²) in [5, 5.41) is 0.846. The van der Waals surface area contributed by atoms with Crippen LogP contribution in [0.15, 0.2) is 36.4 Å². The first-order valence-corrected chi connectivity index (χ1v) is 9.40. The summed E-state index contributed by atoms with van der Waals surface area (Å²) in [6.07, 6.45) is 0. The molecule has 0 saturated carbocycles. The average molecular weight is 328 g/mol. The predicted octanol–water partition coefficient (Wildman–Crippen LogP) is 5.44. The molecule has 0 spiro atoms. The van der Waals surface area contributed by atoms with Crippen molar-refractivity contribution < 1.29 is 9.09 Å². The first-order chi connectivity index (χ1) is 10.6. The molecule has 0 bridgehead atoms. The molecule has 23 heavy (non-hydrogen) atoms. The summed E-state index contributed by atoms with van der Waals surface area (Å²) in [6.45, 7) is 13.0. The second kappa shape index (κ2) is 5.24. The Morgan fingerprint density at radius 1 is 0.783 bits per heavy atom. The van der Waals surface area contributed by atoms with E-state index in [1.54, 1.807) is 0 Å². The normalized spacial score (nSPS) is 17.2. The Morgan fingerprint density at radius 3 is 1.87 bits per heavy atom. The molecule has 2 nitrogen and oxygen atoms in total. The third kappa shape index (κ3) is 2.97. The van der Waals surface area contributed by atoms with E-state index in [1.165, 1.54) is 11.1 Å². The lowest BCUT2D eigenvalue weighted by molar-refractivity contribution is 0.510. The second-order valence-electron chi connectivity index (χ2n) is 8.36. The third-order valence-electron chi connectivity index (χ3n) is 4.45. The fourth-order valence-corrected chi connectivity index (χ4v) is 4.05. The van der Waals surface area contributed by atoms with E-state index in [0.717, 1.165) is 22.2 Å². The van der Waals surface area contributed by atoms with Gasteiger partial charge in [-0.05, 0) is 39.7 Å². The molecule has 0 fully saturated rings. The number of hydrogen-bond acceptors (Lipinski definition) is 2. The molecule has 1 aliphatic heterocycles. The minimum atomic E-state index is -2.25. The van der Waals surface area contributed by atoms with Crippen molar-refractivity contribution in [2.24, 2.45) is 0 Å². The molecule has 2 aromatic carbocycles. The van der Waals surface area contributed by atoms with Gasteiger partial charge in [0.15, 0.2) is 0 Å². The monoisotopic (exact) mass is 328 g/mol. The molecule has 1 heterocycles. The molecule has 3 heteroatoms. The van der Waals surface area contributed by atoms with Gasteiger partial charge in [-0.15, -0.1) is 0 Å². The van der Waals surface area contributed by atoms with Crippen LogP contribution in [0.25, 0.3) is 11.1 Å². The van der Waals surface area contributed by atoms with Crippen molar-refractivity contribution in [2.45, 2.75) is 52.4 Å². The van der Waals surface area contributed by atoms with Gasteiger partial charge >= 0.3 is 0 Å². The van der Waals surface area contributed by atoms with E-state index in [0.29, 0.717) is 0 Å². The van der Waals surface area contributed by atoms with Gasteiger partial charge in [0, 0.05) is 5.56 Å². The van der Waals surface area contributed by atoms with Crippen LogP contribution in [0.2, 0.25) is 0 Å². The van der Waals surface area contributed by atoms with Gasteiger partial charge in [0.2, 0.25) is 0 Å². The maximum Gasteiger partial charge on any atom is 0.266 e. The summed E-state index contributed by atoms with van der Waals surface area (Å²) < 4.78 is 18.5. The molecular weight excluding hydrogens is 303 g/mol. The fourth-order valence-electron chi connectivity index (χ4n) is 2.87. The van der Waals surface area contributed by atoms with Gasteiger partial charge in [0.1, 0.15) is 5.75 Å². The van der Waals surface area contributed by atoms with E-state index in [9.17, 15) is 4.57 Å².